The fourth-order valence-corrected chi connectivity index (χ4v) is 3.58. The summed E-state index contributed by atoms with van der Waals surface area (Å²) in [6.07, 6.45) is 2.57. The van der Waals surface area contributed by atoms with Crippen LogP contribution in [0, 0.1) is 0 Å². The van der Waals surface area contributed by atoms with Crippen LogP contribution in [0.2, 0.25) is 0 Å². The second-order valence-corrected chi connectivity index (χ2v) is 6.24. The van der Waals surface area contributed by atoms with Crippen molar-refractivity contribution < 1.29 is 4.52 Å². The van der Waals surface area contributed by atoms with Crippen molar-refractivity contribution in [1.82, 2.24) is 10.1 Å². The molecule has 0 aromatic carbocycles. The van der Waals surface area contributed by atoms with Crippen molar-refractivity contribution in [1.29, 1.82) is 0 Å². The Morgan fingerprint density at radius 2 is 2.11 bits per heavy atom. The van der Waals surface area contributed by atoms with Crippen LogP contribution < -0.4 is 0 Å². The lowest BCUT2D eigenvalue weighted by molar-refractivity contribution is 0.433. The van der Waals surface area contributed by atoms with Gasteiger partial charge in [-0.15, -0.1) is 22.7 Å². The molecule has 1 fully saturated rings. The predicted octanol–water partition coefficient (Wildman–Crippen LogP) is 4.40. The maximum absolute atomic E-state index is 5.41. The van der Waals surface area contributed by atoms with E-state index in [4.69, 9.17) is 4.52 Å². The first-order valence-corrected chi connectivity index (χ1v) is 7.63. The number of aromatic nitrogens is 2. The van der Waals surface area contributed by atoms with Crippen LogP contribution in [0.15, 0.2) is 33.5 Å². The van der Waals surface area contributed by atoms with Crippen LogP contribution in [-0.4, -0.2) is 10.1 Å². The highest BCUT2D eigenvalue weighted by Crippen LogP contribution is 2.46. The quantitative estimate of drug-likeness (QED) is 0.710. The molecular formula is C13H10N2OS2. The lowest BCUT2D eigenvalue weighted by atomic mass is 10.2. The molecule has 0 spiro atoms. The average molecular weight is 274 g/mol. The number of rotatable bonds is 3. The van der Waals surface area contributed by atoms with Crippen molar-refractivity contribution in [3.05, 3.63) is 34.5 Å². The van der Waals surface area contributed by atoms with E-state index in [0.29, 0.717) is 17.6 Å². The van der Waals surface area contributed by atoms with Gasteiger partial charge in [-0.25, -0.2) is 0 Å². The van der Waals surface area contributed by atoms with E-state index < -0.39 is 0 Å². The van der Waals surface area contributed by atoms with E-state index in [1.807, 2.05) is 17.5 Å². The van der Waals surface area contributed by atoms with E-state index >= 15 is 0 Å². The van der Waals surface area contributed by atoms with Gasteiger partial charge in [0, 0.05) is 0 Å². The van der Waals surface area contributed by atoms with Crippen molar-refractivity contribution >= 4 is 22.7 Å². The Kier molecular flexibility index (Phi) is 2.34. The zero-order chi connectivity index (χ0) is 11.9. The van der Waals surface area contributed by atoms with Gasteiger partial charge in [0.1, 0.15) is 0 Å². The molecule has 1 saturated carbocycles. The monoisotopic (exact) mass is 274 g/mol. The Hall–Kier alpha value is -1.46. The molecule has 0 unspecified atom stereocenters. The molecule has 3 aromatic heterocycles. The van der Waals surface area contributed by atoms with Gasteiger partial charge in [-0.3, -0.25) is 0 Å². The molecule has 90 valence electrons. The number of hydrogen-bond acceptors (Lipinski definition) is 5. The average Bonchev–Trinajstić information content (AvgIpc) is 2.91. The minimum absolute atomic E-state index is 0.662. The highest BCUT2D eigenvalue weighted by molar-refractivity contribution is 7.14. The van der Waals surface area contributed by atoms with Gasteiger partial charge in [0.2, 0.25) is 5.82 Å². The Labute approximate surface area is 112 Å². The first kappa shape index (κ1) is 10.5. The maximum atomic E-state index is 5.41. The summed E-state index contributed by atoms with van der Waals surface area (Å²) < 4.78 is 5.41. The molecule has 18 heavy (non-hydrogen) atoms. The van der Waals surface area contributed by atoms with Gasteiger partial charge in [-0.2, -0.15) is 4.98 Å². The summed E-state index contributed by atoms with van der Waals surface area (Å²) in [4.78, 5) is 6.71. The van der Waals surface area contributed by atoms with Crippen molar-refractivity contribution in [2.24, 2.45) is 0 Å². The fourth-order valence-electron chi connectivity index (χ4n) is 2.03. The molecule has 3 aromatic rings. The molecule has 4 rings (SSSR count). The van der Waals surface area contributed by atoms with Crippen LogP contribution in [0.4, 0.5) is 0 Å². The minimum Gasteiger partial charge on any atom is -0.333 e. The lowest BCUT2D eigenvalue weighted by Crippen LogP contribution is -1.80. The first-order valence-electron chi connectivity index (χ1n) is 5.87. The molecule has 3 heterocycles. The third-order valence-corrected chi connectivity index (χ3v) is 4.86. The molecule has 1 aliphatic carbocycles. The third-order valence-electron chi connectivity index (χ3n) is 3.07. The number of nitrogens with zero attached hydrogens (tertiary/aromatic N) is 2. The van der Waals surface area contributed by atoms with Crippen molar-refractivity contribution in [3.63, 3.8) is 0 Å². The molecule has 1 aliphatic rings. The lowest BCUT2D eigenvalue weighted by Gasteiger charge is -1.94. The summed E-state index contributed by atoms with van der Waals surface area (Å²) >= 11 is 3.32. The van der Waals surface area contributed by atoms with Crippen LogP contribution >= 0.6 is 22.7 Å². The smallest absolute Gasteiger partial charge is 0.268 e. The van der Waals surface area contributed by atoms with Crippen molar-refractivity contribution in [2.75, 3.05) is 0 Å². The van der Waals surface area contributed by atoms with Gasteiger partial charge in [-0.1, -0.05) is 11.2 Å². The maximum Gasteiger partial charge on any atom is 0.268 e. The second kappa shape index (κ2) is 4.03. The van der Waals surface area contributed by atoms with E-state index in [1.54, 1.807) is 22.7 Å². The summed E-state index contributed by atoms with van der Waals surface area (Å²) in [6.45, 7) is 0. The van der Waals surface area contributed by atoms with Gasteiger partial charge >= 0.3 is 0 Å². The third kappa shape index (κ3) is 1.71. The van der Waals surface area contributed by atoms with E-state index in [0.717, 1.165) is 9.75 Å². The molecule has 0 aliphatic heterocycles. The fraction of sp³-hybridized carbons (Fsp3) is 0.231. The summed E-state index contributed by atoms with van der Waals surface area (Å²) in [5.41, 5.74) is 1.38. The summed E-state index contributed by atoms with van der Waals surface area (Å²) in [6, 6.07) is 6.19. The molecular weight excluding hydrogens is 264 g/mol. The van der Waals surface area contributed by atoms with Gasteiger partial charge in [0.25, 0.3) is 5.89 Å². The number of hydrogen-bond donors (Lipinski definition) is 0. The van der Waals surface area contributed by atoms with Crippen LogP contribution in [-0.2, 0) is 0 Å². The Balaban J connectivity index is 1.74. The van der Waals surface area contributed by atoms with Gasteiger partial charge in [0.15, 0.2) is 0 Å². The normalized spacial score (nSPS) is 15.1. The number of thiophene rings is 2. The molecule has 0 atom stereocenters. The Morgan fingerprint density at radius 3 is 2.89 bits per heavy atom. The minimum atomic E-state index is 0.662. The van der Waals surface area contributed by atoms with Crippen LogP contribution in [0.5, 0.6) is 0 Å². The predicted molar refractivity (Wildman–Crippen MR) is 72.9 cm³/mol. The summed E-state index contributed by atoms with van der Waals surface area (Å²) in [5.74, 6) is 2.06. The van der Waals surface area contributed by atoms with E-state index in [9.17, 15) is 0 Å². The largest absolute Gasteiger partial charge is 0.333 e. The molecule has 3 nitrogen and oxygen atoms in total. The topological polar surface area (TPSA) is 38.9 Å². The first-order chi connectivity index (χ1) is 8.92. The van der Waals surface area contributed by atoms with Crippen LogP contribution in [0.3, 0.4) is 0 Å². The molecule has 0 saturated heterocycles. The highest BCUT2D eigenvalue weighted by atomic mass is 32.1. The van der Waals surface area contributed by atoms with E-state index in [1.165, 1.54) is 18.4 Å². The highest BCUT2D eigenvalue weighted by Gasteiger charge is 2.29. The van der Waals surface area contributed by atoms with Gasteiger partial charge in [0.05, 0.1) is 9.75 Å². The summed E-state index contributed by atoms with van der Waals surface area (Å²) in [7, 11) is 0. The van der Waals surface area contributed by atoms with Crippen molar-refractivity contribution in [2.45, 2.75) is 18.8 Å². The molecule has 0 radical (unpaired) electrons. The van der Waals surface area contributed by atoms with E-state index in [2.05, 4.69) is 21.6 Å². The van der Waals surface area contributed by atoms with Gasteiger partial charge < -0.3 is 4.52 Å². The van der Waals surface area contributed by atoms with Crippen LogP contribution in [0.25, 0.3) is 21.5 Å². The Morgan fingerprint density at radius 1 is 1.17 bits per heavy atom. The van der Waals surface area contributed by atoms with Gasteiger partial charge in [-0.05, 0) is 47.2 Å². The van der Waals surface area contributed by atoms with Crippen LogP contribution in [0.1, 0.15) is 24.3 Å². The standard InChI is InChI=1S/C13H10N2OS2/c1-2-10(17-6-1)12-14-13(16-15-12)11-9(5-7-18-11)8-3-4-8/h1-2,5-8H,3-4H2. The Bertz CT molecular complexity index is 665. The molecule has 0 N–H and O–H groups in total. The zero-order valence-corrected chi connectivity index (χ0v) is 11.1. The van der Waals surface area contributed by atoms with E-state index in [-0.39, 0.29) is 0 Å². The molecule has 5 heteroatoms. The zero-order valence-electron chi connectivity index (χ0n) is 9.50. The molecule has 0 amide bonds. The molecule has 0 bridgehead atoms. The second-order valence-electron chi connectivity index (χ2n) is 4.38. The summed E-state index contributed by atoms with van der Waals surface area (Å²) in [5, 5.41) is 8.20. The van der Waals surface area contributed by atoms with Crippen molar-refractivity contribution in [3.8, 4) is 21.5 Å². The SMILES string of the molecule is c1csc(-c2noc(-c3sccc3C3CC3)n2)c1.